The first-order valence-corrected chi connectivity index (χ1v) is 6.95. The number of nitrogens with zero attached hydrogens (tertiary/aromatic N) is 2. The molecule has 0 spiro atoms. The average molecular weight is 317 g/mol. The van der Waals surface area contributed by atoms with Gasteiger partial charge in [-0.25, -0.2) is 9.97 Å². The zero-order chi connectivity index (χ0) is 15.5. The van der Waals surface area contributed by atoms with Gasteiger partial charge in [-0.15, -0.1) is 11.3 Å². The normalized spacial score (nSPS) is 13.2. The van der Waals surface area contributed by atoms with Gasteiger partial charge in [0, 0.05) is 29.6 Å². The van der Waals surface area contributed by atoms with E-state index >= 15 is 0 Å². The Hall–Kier alpha value is -1.67. The summed E-state index contributed by atoms with van der Waals surface area (Å²) < 4.78 is 43.0. The third-order valence-electron chi connectivity index (χ3n) is 2.75. The lowest BCUT2D eigenvalue weighted by molar-refractivity contribution is -0.141. The van der Waals surface area contributed by atoms with Crippen LogP contribution in [0.5, 0.6) is 0 Å². The predicted molar refractivity (Wildman–Crippen MR) is 74.3 cm³/mol. The Kier molecular flexibility index (Phi) is 4.79. The molecule has 0 amide bonds. The second-order valence-corrected chi connectivity index (χ2v) is 5.64. The fraction of sp³-hybridized carbons (Fsp3) is 0.385. The van der Waals surface area contributed by atoms with E-state index in [4.69, 9.17) is 4.74 Å². The van der Waals surface area contributed by atoms with E-state index in [0.717, 1.165) is 22.0 Å². The molecule has 0 saturated heterocycles. The van der Waals surface area contributed by atoms with Gasteiger partial charge in [0.05, 0.1) is 0 Å². The van der Waals surface area contributed by atoms with Gasteiger partial charge in [-0.1, -0.05) is 0 Å². The number of hydrogen-bond acceptors (Lipinski definition) is 5. The molecule has 4 nitrogen and oxygen atoms in total. The highest BCUT2D eigenvalue weighted by molar-refractivity contribution is 7.12. The van der Waals surface area contributed by atoms with Gasteiger partial charge in [-0.2, -0.15) is 13.2 Å². The fourth-order valence-corrected chi connectivity index (χ4v) is 2.67. The van der Waals surface area contributed by atoms with Crippen molar-refractivity contribution in [2.24, 2.45) is 0 Å². The molecule has 1 atom stereocenters. The second-order valence-electron chi connectivity index (χ2n) is 4.32. The maximum absolute atomic E-state index is 12.6. The number of halogens is 3. The Labute approximate surface area is 124 Å². The van der Waals surface area contributed by atoms with Crippen molar-refractivity contribution in [2.45, 2.75) is 19.2 Å². The molecule has 0 aliphatic carbocycles. The van der Waals surface area contributed by atoms with E-state index in [2.05, 4.69) is 15.3 Å². The van der Waals surface area contributed by atoms with Crippen molar-refractivity contribution in [3.8, 4) is 0 Å². The molecule has 0 saturated carbocycles. The summed E-state index contributed by atoms with van der Waals surface area (Å²) in [4.78, 5) is 9.37. The average Bonchev–Trinajstić information content (AvgIpc) is 2.85. The van der Waals surface area contributed by atoms with E-state index in [9.17, 15) is 13.2 Å². The van der Waals surface area contributed by atoms with Crippen LogP contribution < -0.4 is 5.32 Å². The molecule has 2 aromatic rings. The number of nitrogens with one attached hydrogen (secondary N) is 1. The van der Waals surface area contributed by atoms with Crippen LogP contribution in [0.15, 0.2) is 24.4 Å². The van der Waals surface area contributed by atoms with Crippen LogP contribution in [0.25, 0.3) is 0 Å². The number of aromatic nitrogens is 2. The van der Waals surface area contributed by atoms with Gasteiger partial charge in [0.15, 0.2) is 0 Å². The molecule has 0 aliphatic heterocycles. The number of ether oxygens (including phenoxy) is 1. The number of anilines is 1. The molecular formula is C13H14F3N3OS. The molecule has 2 aromatic heterocycles. The van der Waals surface area contributed by atoms with Crippen LogP contribution in [0.4, 0.5) is 19.1 Å². The highest BCUT2D eigenvalue weighted by Gasteiger charge is 2.32. The van der Waals surface area contributed by atoms with Crippen molar-refractivity contribution in [3.63, 3.8) is 0 Å². The smallest absolute Gasteiger partial charge is 0.374 e. The van der Waals surface area contributed by atoms with Crippen LogP contribution in [0, 0.1) is 6.92 Å². The first-order chi connectivity index (χ1) is 9.90. The van der Waals surface area contributed by atoms with Crippen molar-refractivity contribution in [2.75, 3.05) is 19.0 Å². The van der Waals surface area contributed by atoms with Crippen LogP contribution in [0.1, 0.15) is 21.6 Å². The largest absolute Gasteiger partial charge is 0.433 e. The Morgan fingerprint density at radius 2 is 2.10 bits per heavy atom. The maximum atomic E-state index is 12.6. The number of thiophene rings is 1. The van der Waals surface area contributed by atoms with Crippen molar-refractivity contribution in [1.82, 2.24) is 9.97 Å². The Bertz CT molecular complexity index is 600. The highest BCUT2D eigenvalue weighted by atomic mass is 32.1. The molecule has 2 rings (SSSR count). The lowest BCUT2D eigenvalue weighted by Crippen LogP contribution is -2.17. The third-order valence-corrected chi connectivity index (χ3v) is 3.85. The minimum atomic E-state index is -4.48. The molecule has 8 heteroatoms. The Morgan fingerprint density at radius 3 is 2.67 bits per heavy atom. The second kappa shape index (κ2) is 6.40. The molecule has 21 heavy (non-hydrogen) atoms. The minimum Gasteiger partial charge on any atom is -0.374 e. The van der Waals surface area contributed by atoms with Crippen molar-refractivity contribution >= 4 is 17.3 Å². The van der Waals surface area contributed by atoms with E-state index in [1.54, 1.807) is 18.4 Å². The fourth-order valence-electron chi connectivity index (χ4n) is 1.71. The van der Waals surface area contributed by atoms with Crippen molar-refractivity contribution in [3.05, 3.63) is 39.8 Å². The number of rotatable bonds is 5. The van der Waals surface area contributed by atoms with E-state index in [0.29, 0.717) is 0 Å². The van der Waals surface area contributed by atoms with Crippen LogP contribution in [0.3, 0.4) is 0 Å². The molecule has 0 bridgehead atoms. The molecule has 2 heterocycles. The SMILES string of the molecule is COC(CNc1nccc(C(F)(F)F)n1)c1ccc(C)s1. The first kappa shape index (κ1) is 15.7. The van der Waals surface area contributed by atoms with E-state index in [1.807, 2.05) is 19.1 Å². The molecule has 114 valence electrons. The molecule has 0 radical (unpaired) electrons. The topological polar surface area (TPSA) is 47.0 Å². The van der Waals surface area contributed by atoms with Crippen LogP contribution in [-0.2, 0) is 10.9 Å². The quantitative estimate of drug-likeness (QED) is 0.914. The molecule has 0 fully saturated rings. The van der Waals surface area contributed by atoms with Gasteiger partial charge in [0.1, 0.15) is 11.8 Å². The summed E-state index contributed by atoms with van der Waals surface area (Å²) >= 11 is 1.58. The maximum Gasteiger partial charge on any atom is 0.433 e. The van der Waals surface area contributed by atoms with Gasteiger partial charge < -0.3 is 10.1 Å². The van der Waals surface area contributed by atoms with E-state index in [1.165, 1.54) is 0 Å². The van der Waals surface area contributed by atoms with Crippen LogP contribution in [0.2, 0.25) is 0 Å². The number of aryl methyl sites for hydroxylation is 1. The number of methoxy groups -OCH3 is 1. The van der Waals surface area contributed by atoms with Gasteiger partial charge in [0.25, 0.3) is 0 Å². The lowest BCUT2D eigenvalue weighted by Gasteiger charge is -2.15. The zero-order valence-corrected chi connectivity index (χ0v) is 12.3. The molecule has 1 N–H and O–H groups in total. The lowest BCUT2D eigenvalue weighted by atomic mass is 10.3. The summed E-state index contributed by atoms with van der Waals surface area (Å²) in [6.45, 7) is 2.27. The number of hydrogen-bond donors (Lipinski definition) is 1. The van der Waals surface area contributed by atoms with Crippen molar-refractivity contribution < 1.29 is 17.9 Å². The summed E-state index contributed by atoms with van der Waals surface area (Å²) in [5.41, 5.74) is -0.971. The Morgan fingerprint density at radius 1 is 1.33 bits per heavy atom. The number of alkyl halides is 3. The zero-order valence-electron chi connectivity index (χ0n) is 11.4. The Balaban J connectivity index is 2.05. The molecular weight excluding hydrogens is 303 g/mol. The van der Waals surface area contributed by atoms with Gasteiger partial charge in [-0.3, -0.25) is 0 Å². The molecule has 0 aromatic carbocycles. The summed E-state index contributed by atoms with van der Waals surface area (Å²) in [6.07, 6.45) is -3.66. The van der Waals surface area contributed by atoms with E-state index in [-0.39, 0.29) is 18.6 Å². The highest BCUT2D eigenvalue weighted by Crippen LogP contribution is 2.28. The monoisotopic (exact) mass is 317 g/mol. The molecule has 0 aliphatic rings. The van der Waals surface area contributed by atoms with Gasteiger partial charge >= 0.3 is 6.18 Å². The summed E-state index contributed by atoms with van der Waals surface area (Å²) in [7, 11) is 1.55. The van der Waals surface area contributed by atoms with Gasteiger partial charge in [0.2, 0.25) is 5.95 Å². The summed E-state index contributed by atoms with van der Waals surface area (Å²) in [5.74, 6) is -0.0693. The van der Waals surface area contributed by atoms with Crippen LogP contribution >= 0.6 is 11.3 Å². The van der Waals surface area contributed by atoms with Crippen LogP contribution in [-0.4, -0.2) is 23.6 Å². The van der Waals surface area contributed by atoms with Crippen molar-refractivity contribution in [1.29, 1.82) is 0 Å². The predicted octanol–water partition coefficient (Wildman–Crippen LogP) is 3.66. The first-order valence-electron chi connectivity index (χ1n) is 6.13. The summed E-state index contributed by atoms with van der Waals surface area (Å²) in [6, 6.07) is 4.73. The standard InChI is InChI=1S/C13H14F3N3OS/c1-8-3-4-10(21-8)9(20-2)7-18-12-17-6-5-11(19-12)13(14,15)16/h3-6,9H,7H2,1-2H3,(H,17,18,19). The van der Waals surface area contributed by atoms with Gasteiger partial charge in [-0.05, 0) is 25.1 Å². The summed E-state index contributed by atoms with van der Waals surface area (Å²) in [5, 5.41) is 2.78. The minimum absolute atomic E-state index is 0.0693. The van der Waals surface area contributed by atoms with E-state index < -0.39 is 11.9 Å². The molecule has 1 unspecified atom stereocenters. The third kappa shape index (κ3) is 4.15.